The fourth-order valence-corrected chi connectivity index (χ4v) is 4.49. The van der Waals surface area contributed by atoms with Gasteiger partial charge in [-0.3, -0.25) is 9.78 Å². The van der Waals surface area contributed by atoms with Crippen molar-refractivity contribution < 1.29 is 24.5 Å². The highest BCUT2D eigenvalue weighted by Gasteiger charge is 2.23. The molecule has 0 radical (unpaired) electrons. The summed E-state index contributed by atoms with van der Waals surface area (Å²) < 4.78 is 10.1. The third-order valence-electron chi connectivity index (χ3n) is 5.18. The Morgan fingerprint density at radius 2 is 1.84 bits per heavy atom. The van der Waals surface area contributed by atoms with E-state index < -0.39 is 18.2 Å². The van der Waals surface area contributed by atoms with Crippen LogP contribution in [0, 0.1) is 0 Å². The summed E-state index contributed by atoms with van der Waals surface area (Å²) in [5.41, 5.74) is 5.04. The SMILES string of the molecule is COCc1c(C(C)C)nc(C(C)C)c(C=CC(O)CC(O)CC(=O)OC)c1-c1cccs1. The Balaban J connectivity index is 2.55. The van der Waals surface area contributed by atoms with Gasteiger partial charge >= 0.3 is 5.97 Å². The van der Waals surface area contributed by atoms with Crippen LogP contribution in [-0.2, 0) is 20.9 Å². The summed E-state index contributed by atoms with van der Waals surface area (Å²) in [4.78, 5) is 17.5. The lowest BCUT2D eigenvalue weighted by Gasteiger charge is -2.23. The van der Waals surface area contributed by atoms with Crippen LogP contribution in [0.25, 0.3) is 16.5 Å². The molecule has 0 aliphatic heterocycles. The van der Waals surface area contributed by atoms with Crippen LogP contribution in [0.3, 0.4) is 0 Å². The van der Waals surface area contributed by atoms with Gasteiger partial charge in [-0.2, -0.15) is 0 Å². The lowest BCUT2D eigenvalue weighted by molar-refractivity contribution is -0.143. The fourth-order valence-electron chi connectivity index (χ4n) is 3.68. The predicted molar refractivity (Wildman–Crippen MR) is 129 cm³/mol. The van der Waals surface area contributed by atoms with Crippen molar-refractivity contribution in [3.05, 3.63) is 46.1 Å². The molecule has 0 aliphatic rings. The first-order valence-corrected chi connectivity index (χ1v) is 11.8. The zero-order valence-corrected chi connectivity index (χ0v) is 20.6. The molecule has 0 aromatic carbocycles. The van der Waals surface area contributed by atoms with Crippen molar-refractivity contribution in [1.82, 2.24) is 4.98 Å². The quantitative estimate of drug-likeness (QED) is 0.463. The molecule has 176 valence electrons. The summed E-state index contributed by atoms with van der Waals surface area (Å²) in [6.07, 6.45) is 1.54. The predicted octanol–water partition coefficient (Wildman–Crippen LogP) is 4.89. The van der Waals surface area contributed by atoms with E-state index in [0.29, 0.717) is 6.61 Å². The van der Waals surface area contributed by atoms with Gasteiger partial charge in [-0.1, -0.05) is 45.9 Å². The van der Waals surface area contributed by atoms with E-state index in [2.05, 4.69) is 38.5 Å². The van der Waals surface area contributed by atoms with Crippen LogP contribution in [0.1, 0.15) is 74.9 Å². The highest BCUT2D eigenvalue weighted by atomic mass is 32.1. The first-order valence-electron chi connectivity index (χ1n) is 10.9. The number of aliphatic hydroxyl groups is 2. The van der Waals surface area contributed by atoms with E-state index in [0.717, 1.165) is 33.0 Å². The number of hydrogen-bond acceptors (Lipinski definition) is 7. The van der Waals surface area contributed by atoms with Crippen LogP contribution in [0.15, 0.2) is 23.6 Å². The van der Waals surface area contributed by atoms with Gasteiger partial charge in [0.25, 0.3) is 0 Å². The number of aliphatic hydroxyl groups excluding tert-OH is 2. The van der Waals surface area contributed by atoms with Crippen molar-refractivity contribution in [2.24, 2.45) is 0 Å². The molecule has 32 heavy (non-hydrogen) atoms. The van der Waals surface area contributed by atoms with E-state index >= 15 is 0 Å². The number of esters is 1. The summed E-state index contributed by atoms with van der Waals surface area (Å²) in [6.45, 7) is 8.91. The largest absolute Gasteiger partial charge is 0.469 e. The Morgan fingerprint density at radius 1 is 1.16 bits per heavy atom. The minimum atomic E-state index is -0.978. The number of nitrogens with zero attached hydrogens (tertiary/aromatic N) is 1. The van der Waals surface area contributed by atoms with Gasteiger partial charge in [-0.15, -0.1) is 11.3 Å². The van der Waals surface area contributed by atoms with Crippen LogP contribution in [-0.4, -0.2) is 47.6 Å². The van der Waals surface area contributed by atoms with E-state index in [1.54, 1.807) is 24.5 Å². The van der Waals surface area contributed by atoms with Crippen molar-refractivity contribution in [2.45, 2.75) is 71.2 Å². The van der Waals surface area contributed by atoms with E-state index in [1.165, 1.54) is 7.11 Å². The average molecular weight is 462 g/mol. The second kappa shape index (κ2) is 12.3. The van der Waals surface area contributed by atoms with E-state index in [9.17, 15) is 15.0 Å². The molecule has 0 bridgehead atoms. The highest BCUT2D eigenvalue weighted by Crippen LogP contribution is 2.39. The molecule has 7 heteroatoms. The van der Waals surface area contributed by atoms with Crippen LogP contribution in [0.5, 0.6) is 0 Å². The topological polar surface area (TPSA) is 88.9 Å². The summed E-state index contributed by atoms with van der Waals surface area (Å²) in [7, 11) is 2.96. The van der Waals surface area contributed by atoms with Crippen LogP contribution >= 0.6 is 11.3 Å². The number of hydrogen-bond donors (Lipinski definition) is 2. The molecule has 0 spiro atoms. The summed E-state index contributed by atoms with van der Waals surface area (Å²) >= 11 is 1.65. The molecule has 2 aromatic heterocycles. The van der Waals surface area contributed by atoms with Crippen molar-refractivity contribution in [1.29, 1.82) is 0 Å². The number of rotatable bonds is 11. The number of ether oxygens (including phenoxy) is 2. The molecular weight excluding hydrogens is 426 g/mol. The van der Waals surface area contributed by atoms with Gasteiger partial charge in [0, 0.05) is 40.8 Å². The summed E-state index contributed by atoms with van der Waals surface area (Å²) in [6, 6.07) is 4.11. The van der Waals surface area contributed by atoms with Crippen molar-refractivity contribution in [3.63, 3.8) is 0 Å². The Morgan fingerprint density at radius 3 is 2.38 bits per heavy atom. The third kappa shape index (κ3) is 6.72. The number of methoxy groups -OCH3 is 2. The second-order valence-corrected chi connectivity index (χ2v) is 9.41. The monoisotopic (exact) mass is 461 g/mol. The lowest BCUT2D eigenvalue weighted by Crippen LogP contribution is -2.20. The minimum absolute atomic E-state index is 0.0411. The zero-order chi connectivity index (χ0) is 23.8. The Labute approximate surface area is 194 Å². The number of pyridine rings is 1. The van der Waals surface area contributed by atoms with Gasteiger partial charge in [0.1, 0.15) is 0 Å². The van der Waals surface area contributed by atoms with Gasteiger partial charge in [-0.05, 0) is 23.3 Å². The van der Waals surface area contributed by atoms with E-state index in [4.69, 9.17) is 9.72 Å². The standard InChI is InChI=1S/C25H35NO5S/c1-15(2)24-19(10-9-17(27)12-18(28)13-22(29)31-6)23(21-8-7-11-32-21)20(14-30-5)25(26-24)16(3)4/h7-11,15-18,27-28H,12-14H2,1-6H3. The van der Waals surface area contributed by atoms with Crippen LogP contribution in [0.2, 0.25) is 0 Å². The van der Waals surface area contributed by atoms with Crippen molar-refractivity contribution in [3.8, 4) is 10.4 Å². The number of aromatic nitrogens is 1. The Hall–Kier alpha value is -2.06. The summed E-state index contributed by atoms with van der Waals surface area (Å²) in [5, 5.41) is 22.6. The normalized spacial score (nSPS) is 13.8. The van der Waals surface area contributed by atoms with Gasteiger partial charge in [-0.25, -0.2) is 0 Å². The maximum Gasteiger partial charge on any atom is 0.308 e. The molecule has 0 aliphatic carbocycles. The van der Waals surface area contributed by atoms with Crippen LogP contribution in [0.4, 0.5) is 0 Å². The van der Waals surface area contributed by atoms with Gasteiger partial charge < -0.3 is 19.7 Å². The van der Waals surface area contributed by atoms with Crippen molar-refractivity contribution in [2.75, 3.05) is 14.2 Å². The maximum absolute atomic E-state index is 11.4. The number of thiophene rings is 1. The molecule has 6 nitrogen and oxygen atoms in total. The zero-order valence-electron chi connectivity index (χ0n) is 19.8. The van der Waals surface area contributed by atoms with E-state index in [1.807, 2.05) is 17.5 Å². The average Bonchev–Trinajstić information content (AvgIpc) is 3.25. The summed E-state index contributed by atoms with van der Waals surface area (Å²) in [5.74, 6) is -0.105. The lowest BCUT2D eigenvalue weighted by atomic mass is 9.89. The smallest absolute Gasteiger partial charge is 0.308 e. The van der Waals surface area contributed by atoms with Crippen molar-refractivity contribution >= 4 is 23.4 Å². The highest BCUT2D eigenvalue weighted by molar-refractivity contribution is 7.13. The number of carbonyl (C=O) groups excluding carboxylic acids is 1. The molecule has 0 saturated carbocycles. The molecule has 2 atom stereocenters. The first-order chi connectivity index (χ1) is 15.2. The van der Waals surface area contributed by atoms with Gasteiger partial charge in [0.2, 0.25) is 0 Å². The molecule has 2 aromatic rings. The fraction of sp³-hybridized carbons (Fsp3) is 0.520. The maximum atomic E-state index is 11.4. The van der Waals surface area contributed by atoms with Gasteiger partial charge in [0.05, 0.1) is 38.0 Å². The van der Waals surface area contributed by atoms with Crippen LogP contribution < -0.4 is 0 Å². The molecule has 0 saturated heterocycles. The second-order valence-electron chi connectivity index (χ2n) is 8.47. The van der Waals surface area contributed by atoms with E-state index in [-0.39, 0.29) is 24.7 Å². The third-order valence-corrected chi connectivity index (χ3v) is 6.06. The molecule has 2 N–H and O–H groups in total. The Bertz CT molecular complexity index is 906. The molecule has 2 unspecified atom stereocenters. The van der Waals surface area contributed by atoms with Gasteiger partial charge in [0.15, 0.2) is 0 Å². The first kappa shape index (κ1) is 26.2. The molecule has 0 fully saturated rings. The number of carbonyl (C=O) groups is 1. The Kier molecular flexibility index (Phi) is 10.0. The molecular formula is C25H35NO5S. The minimum Gasteiger partial charge on any atom is -0.469 e. The molecule has 0 amide bonds. The molecule has 2 rings (SSSR count). The molecule has 2 heterocycles.